The average Bonchev–Trinajstić information content (AvgIpc) is 2.64. The lowest BCUT2D eigenvalue weighted by Gasteiger charge is -2.17. The summed E-state index contributed by atoms with van der Waals surface area (Å²) in [4.78, 5) is 21.5. The minimum Gasteiger partial charge on any atom is -0.242 e. The van der Waals surface area contributed by atoms with Crippen LogP contribution in [0.4, 0.5) is 11.4 Å². The predicted octanol–water partition coefficient (Wildman–Crippen LogP) is 5.21. The summed E-state index contributed by atoms with van der Waals surface area (Å²) in [5, 5.41) is 5.59. The van der Waals surface area contributed by atoms with Gasteiger partial charge < -0.3 is 0 Å². The van der Waals surface area contributed by atoms with Crippen LogP contribution in [0.25, 0.3) is 22.3 Å². The maximum atomic E-state index is 10.8. The Bertz CT molecular complexity index is 779. The van der Waals surface area contributed by atoms with Crippen LogP contribution >= 0.6 is 0 Å². The van der Waals surface area contributed by atoms with Crippen molar-refractivity contribution in [2.75, 3.05) is 10.9 Å². The Morgan fingerprint density at radius 1 is 0.542 bits per heavy atom. The molecule has 2 N–H and O–H groups in total. The molecule has 0 fully saturated rings. The molecular weight excluding hydrogens is 304 g/mol. The number of hydrogen-bond acceptors (Lipinski definition) is 4. The van der Waals surface area contributed by atoms with Crippen LogP contribution in [0.3, 0.4) is 0 Å². The molecule has 3 aromatic carbocycles. The van der Waals surface area contributed by atoms with Gasteiger partial charge in [0.1, 0.15) is 0 Å². The lowest BCUT2D eigenvalue weighted by Crippen LogP contribution is -1.98. The molecule has 0 bridgehead atoms. The Hall–Kier alpha value is -3.54. The van der Waals surface area contributed by atoms with E-state index >= 15 is 0 Å². The first-order valence-corrected chi connectivity index (χ1v) is 7.29. The molecule has 3 rings (SSSR count). The summed E-state index contributed by atoms with van der Waals surface area (Å²) in [6.45, 7) is 0. The van der Waals surface area contributed by atoms with Crippen LogP contribution in [0.5, 0.6) is 0 Å². The van der Waals surface area contributed by atoms with Gasteiger partial charge in [0.05, 0.1) is 21.9 Å². The van der Waals surface area contributed by atoms with Crippen molar-refractivity contribution in [3.63, 3.8) is 0 Å². The molecule has 0 aliphatic carbocycles. The van der Waals surface area contributed by atoms with Gasteiger partial charge in [0.25, 0.3) is 0 Å². The molecule has 0 unspecified atom stereocenters. The second kappa shape index (κ2) is 7.15. The molecule has 0 saturated carbocycles. The third-order valence-electron chi connectivity index (χ3n) is 3.66. The maximum Gasteiger partial charge on any atom is 0.0680 e. The van der Waals surface area contributed by atoms with Crippen molar-refractivity contribution >= 4 is 11.4 Å². The van der Waals surface area contributed by atoms with Crippen LogP contribution in [0.15, 0.2) is 83.4 Å². The van der Waals surface area contributed by atoms with E-state index in [1.807, 2.05) is 60.7 Å². The number of rotatable bonds is 6. The molecule has 0 aliphatic heterocycles. The fourth-order valence-corrected chi connectivity index (χ4v) is 2.70. The summed E-state index contributed by atoms with van der Waals surface area (Å²) in [5.74, 6) is 0. The first-order chi connectivity index (χ1) is 11.8. The fourth-order valence-electron chi connectivity index (χ4n) is 2.70. The van der Waals surface area contributed by atoms with Crippen LogP contribution in [0, 0.1) is 9.81 Å². The molecule has 3 aromatic rings. The molecule has 0 radical (unpaired) electrons. The Morgan fingerprint density at radius 3 is 1.25 bits per heavy atom. The standard InChI is InChI=1S/C18H14N4O2/c23-21-19-15-11-12-16(20-22-24)18(14-9-5-2-6-10-14)17(15)13-7-3-1-4-8-13/h1-12H,(H,19,23)(H,20,24). The van der Waals surface area contributed by atoms with E-state index in [1.54, 1.807) is 12.1 Å². The van der Waals surface area contributed by atoms with E-state index in [2.05, 4.69) is 21.4 Å². The zero-order valence-corrected chi connectivity index (χ0v) is 12.6. The van der Waals surface area contributed by atoms with Crippen molar-refractivity contribution < 1.29 is 0 Å². The van der Waals surface area contributed by atoms with Crippen LogP contribution < -0.4 is 10.9 Å². The molecule has 0 saturated heterocycles. The van der Waals surface area contributed by atoms with E-state index in [1.165, 1.54) is 0 Å². The van der Waals surface area contributed by atoms with E-state index in [9.17, 15) is 9.81 Å². The Balaban J connectivity index is 2.35. The van der Waals surface area contributed by atoms with E-state index in [4.69, 9.17) is 0 Å². The van der Waals surface area contributed by atoms with Gasteiger partial charge in [-0.25, -0.2) is 10.9 Å². The van der Waals surface area contributed by atoms with E-state index in [0.29, 0.717) is 11.4 Å². The topological polar surface area (TPSA) is 82.9 Å². The van der Waals surface area contributed by atoms with Crippen LogP contribution in [-0.2, 0) is 0 Å². The van der Waals surface area contributed by atoms with Crippen LogP contribution in [0.2, 0.25) is 0 Å². The number of anilines is 2. The highest BCUT2D eigenvalue weighted by Gasteiger charge is 2.17. The Kier molecular flexibility index (Phi) is 4.57. The van der Waals surface area contributed by atoms with E-state index < -0.39 is 0 Å². The van der Waals surface area contributed by atoms with Gasteiger partial charge in [0.15, 0.2) is 0 Å². The maximum absolute atomic E-state index is 10.8. The summed E-state index contributed by atoms with van der Waals surface area (Å²) in [6.07, 6.45) is 0. The number of nitrogens with one attached hydrogen (secondary N) is 2. The Labute approximate surface area is 138 Å². The minimum absolute atomic E-state index is 0.548. The number of hydrogen-bond donors (Lipinski definition) is 2. The fraction of sp³-hybridized carbons (Fsp3) is 0. The third-order valence-corrected chi connectivity index (χ3v) is 3.66. The van der Waals surface area contributed by atoms with Crippen molar-refractivity contribution in [3.8, 4) is 22.3 Å². The monoisotopic (exact) mass is 318 g/mol. The summed E-state index contributed by atoms with van der Waals surface area (Å²) >= 11 is 0. The molecule has 0 heterocycles. The molecule has 6 heteroatoms. The van der Waals surface area contributed by atoms with Gasteiger partial charge in [-0.05, 0) is 23.3 Å². The summed E-state index contributed by atoms with van der Waals surface area (Å²) in [7, 11) is 0. The van der Waals surface area contributed by atoms with Gasteiger partial charge in [0.2, 0.25) is 0 Å². The van der Waals surface area contributed by atoms with E-state index in [-0.39, 0.29) is 0 Å². The predicted molar refractivity (Wildman–Crippen MR) is 96.1 cm³/mol. The third kappa shape index (κ3) is 2.98. The van der Waals surface area contributed by atoms with Crippen molar-refractivity contribution in [2.45, 2.75) is 0 Å². The lowest BCUT2D eigenvalue weighted by atomic mass is 9.91. The molecule has 24 heavy (non-hydrogen) atoms. The van der Waals surface area contributed by atoms with Gasteiger partial charge in [0, 0.05) is 11.1 Å². The smallest absolute Gasteiger partial charge is 0.0680 e. The highest BCUT2D eigenvalue weighted by atomic mass is 16.3. The molecule has 0 atom stereocenters. The Morgan fingerprint density at radius 2 is 0.917 bits per heavy atom. The van der Waals surface area contributed by atoms with Gasteiger partial charge in [-0.15, -0.1) is 9.81 Å². The number of nitroso groups, excluding NO2 is 2. The molecule has 6 nitrogen and oxygen atoms in total. The van der Waals surface area contributed by atoms with Crippen LogP contribution in [-0.4, -0.2) is 0 Å². The molecule has 0 spiro atoms. The quantitative estimate of drug-likeness (QED) is 0.483. The summed E-state index contributed by atoms with van der Waals surface area (Å²) < 4.78 is 0. The van der Waals surface area contributed by atoms with Gasteiger partial charge in [-0.2, -0.15) is 0 Å². The zero-order chi connectivity index (χ0) is 16.8. The second-order valence-electron chi connectivity index (χ2n) is 5.05. The van der Waals surface area contributed by atoms with Crippen molar-refractivity contribution in [1.29, 1.82) is 0 Å². The minimum atomic E-state index is 0.548. The summed E-state index contributed by atoms with van der Waals surface area (Å²) in [5.41, 5.74) is 9.36. The van der Waals surface area contributed by atoms with Gasteiger partial charge >= 0.3 is 0 Å². The lowest BCUT2D eigenvalue weighted by molar-refractivity contribution is 1.29. The normalized spacial score (nSPS) is 10.0. The second-order valence-corrected chi connectivity index (χ2v) is 5.05. The van der Waals surface area contributed by atoms with E-state index in [0.717, 1.165) is 22.3 Å². The molecule has 0 aliphatic rings. The van der Waals surface area contributed by atoms with Gasteiger partial charge in [-0.1, -0.05) is 60.7 Å². The first kappa shape index (κ1) is 15.4. The molecule has 0 amide bonds. The van der Waals surface area contributed by atoms with Gasteiger partial charge in [-0.3, -0.25) is 0 Å². The first-order valence-electron chi connectivity index (χ1n) is 7.29. The highest BCUT2D eigenvalue weighted by molar-refractivity contribution is 5.98. The molecule has 118 valence electrons. The van der Waals surface area contributed by atoms with Crippen molar-refractivity contribution in [2.24, 2.45) is 10.6 Å². The zero-order valence-electron chi connectivity index (χ0n) is 12.6. The molecular formula is C18H14N4O2. The summed E-state index contributed by atoms with van der Waals surface area (Å²) in [6, 6.07) is 22.5. The van der Waals surface area contributed by atoms with Crippen molar-refractivity contribution in [3.05, 3.63) is 82.6 Å². The number of nitrogens with zero attached hydrogens (tertiary/aromatic N) is 2. The van der Waals surface area contributed by atoms with Crippen molar-refractivity contribution in [1.82, 2.24) is 0 Å². The van der Waals surface area contributed by atoms with Crippen LogP contribution in [0.1, 0.15) is 0 Å². The molecule has 0 aromatic heterocycles. The largest absolute Gasteiger partial charge is 0.242 e. The SMILES string of the molecule is O=NNc1ccc(NN=O)c(-c2ccccc2)c1-c1ccccc1. The number of benzene rings is 3. The average molecular weight is 318 g/mol. The highest BCUT2D eigenvalue weighted by Crippen LogP contribution is 2.42.